The van der Waals surface area contributed by atoms with Gasteiger partial charge >= 0.3 is 0 Å². The van der Waals surface area contributed by atoms with E-state index in [4.69, 9.17) is 4.74 Å². The van der Waals surface area contributed by atoms with E-state index in [1.165, 1.54) is 13.2 Å². The van der Waals surface area contributed by atoms with Gasteiger partial charge in [0.15, 0.2) is 11.6 Å². The quantitative estimate of drug-likeness (QED) is 0.908. The number of methoxy groups -OCH3 is 1. The normalized spacial score (nSPS) is 20.2. The Kier molecular flexibility index (Phi) is 4.83. The van der Waals surface area contributed by atoms with Crippen LogP contribution in [-0.4, -0.2) is 30.5 Å². The predicted octanol–water partition coefficient (Wildman–Crippen LogP) is 2.70. The Morgan fingerprint density at radius 3 is 2.71 bits per heavy atom. The minimum absolute atomic E-state index is 0.0665. The third kappa shape index (κ3) is 3.02. The monoisotopic (exact) mass is 294 g/mol. The SMILES string of the molecule is CCC(C(C)C)N1C(=O)CNC1c1ccc(OC)c(F)c1. The molecule has 1 aliphatic rings. The van der Waals surface area contributed by atoms with Crippen LogP contribution < -0.4 is 10.1 Å². The summed E-state index contributed by atoms with van der Waals surface area (Å²) < 4.78 is 18.9. The molecule has 1 aromatic rings. The minimum Gasteiger partial charge on any atom is -0.494 e. The van der Waals surface area contributed by atoms with Crippen LogP contribution in [0.5, 0.6) is 5.75 Å². The molecule has 4 nitrogen and oxygen atoms in total. The van der Waals surface area contributed by atoms with Crippen LogP contribution in [0, 0.1) is 11.7 Å². The number of benzene rings is 1. The number of halogens is 1. The van der Waals surface area contributed by atoms with Crippen molar-refractivity contribution >= 4 is 5.91 Å². The molecule has 5 heteroatoms. The topological polar surface area (TPSA) is 41.6 Å². The number of nitrogens with zero attached hydrogens (tertiary/aromatic N) is 1. The zero-order valence-electron chi connectivity index (χ0n) is 13.0. The molecule has 0 bridgehead atoms. The number of hydrogen-bond donors (Lipinski definition) is 1. The molecule has 1 saturated heterocycles. The Morgan fingerprint density at radius 2 is 2.19 bits per heavy atom. The van der Waals surface area contributed by atoms with E-state index in [2.05, 4.69) is 26.1 Å². The fourth-order valence-electron chi connectivity index (χ4n) is 3.01. The van der Waals surface area contributed by atoms with Crippen molar-refractivity contribution in [1.82, 2.24) is 10.2 Å². The Labute approximate surface area is 125 Å². The van der Waals surface area contributed by atoms with Crippen molar-refractivity contribution in [3.05, 3.63) is 29.6 Å². The van der Waals surface area contributed by atoms with Gasteiger partial charge in [-0.15, -0.1) is 0 Å². The van der Waals surface area contributed by atoms with Crippen molar-refractivity contribution in [2.75, 3.05) is 13.7 Å². The zero-order valence-corrected chi connectivity index (χ0v) is 13.0. The maximum Gasteiger partial charge on any atom is 0.238 e. The highest BCUT2D eigenvalue weighted by Gasteiger charge is 2.37. The number of carbonyl (C=O) groups is 1. The minimum atomic E-state index is -0.409. The first-order chi connectivity index (χ1) is 9.99. The fourth-order valence-corrected chi connectivity index (χ4v) is 3.01. The van der Waals surface area contributed by atoms with Gasteiger partial charge in [-0.1, -0.05) is 26.8 Å². The van der Waals surface area contributed by atoms with Crippen molar-refractivity contribution in [1.29, 1.82) is 0 Å². The highest BCUT2D eigenvalue weighted by Crippen LogP contribution is 2.31. The summed E-state index contributed by atoms with van der Waals surface area (Å²) in [5.41, 5.74) is 0.748. The Morgan fingerprint density at radius 1 is 1.48 bits per heavy atom. The van der Waals surface area contributed by atoms with Gasteiger partial charge in [-0.25, -0.2) is 4.39 Å². The molecular weight excluding hydrogens is 271 g/mol. The summed E-state index contributed by atoms with van der Waals surface area (Å²) in [4.78, 5) is 14.1. The molecule has 1 N–H and O–H groups in total. The van der Waals surface area contributed by atoms with E-state index in [-0.39, 0.29) is 23.9 Å². The average molecular weight is 294 g/mol. The molecule has 1 fully saturated rings. The second kappa shape index (κ2) is 6.43. The van der Waals surface area contributed by atoms with Gasteiger partial charge in [-0.3, -0.25) is 10.1 Å². The van der Waals surface area contributed by atoms with Crippen LogP contribution >= 0.6 is 0 Å². The predicted molar refractivity (Wildman–Crippen MR) is 79.5 cm³/mol. The van der Waals surface area contributed by atoms with Gasteiger partial charge in [0.2, 0.25) is 5.91 Å². The summed E-state index contributed by atoms with van der Waals surface area (Å²) in [5, 5.41) is 3.18. The van der Waals surface area contributed by atoms with Crippen molar-refractivity contribution in [2.24, 2.45) is 5.92 Å². The van der Waals surface area contributed by atoms with Crippen molar-refractivity contribution in [3.63, 3.8) is 0 Å². The molecule has 2 atom stereocenters. The summed E-state index contributed by atoms with van der Waals surface area (Å²) in [7, 11) is 1.44. The van der Waals surface area contributed by atoms with Crippen LogP contribution in [-0.2, 0) is 4.79 Å². The lowest BCUT2D eigenvalue weighted by Gasteiger charge is -2.35. The molecule has 0 radical (unpaired) electrons. The van der Waals surface area contributed by atoms with Gasteiger partial charge in [-0.2, -0.15) is 0 Å². The number of hydrogen-bond acceptors (Lipinski definition) is 3. The highest BCUT2D eigenvalue weighted by molar-refractivity contribution is 5.81. The number of ether oxygens (including phenoxy) is 1. The third-order valence-electron chi connectivity index (χ3n) is 4.05. The third-order valence-corrected chi connectivity index (χ3v) is 4.05. The van der Waals surface area contributed by atoms with Gasteiger partial charge < -0.3 is 9.64 Å². The zero-order chi connectivity index (χ0) is 15.6. The van der Waals surface area contributed by atoms with Crippen LogP contribution in [0.3, 0.4) is 0 Å². The summed E-state index contributed by atoms with van der Waals surface area (Å²) in [5.74, 6) is 0.223. The molecule has 1 aromatic carbocycles. The molecule has 21 heavy (non-hydrogen) atoms. The Bertz CT molecular complexity index is 519. The van der Waals surface area contributed by atoms with E-state index >= 15 is 0 Å². The van der Waals surface area contributed by atoms with Crippen LogP contribution in [0.1, 0.15) is 38.9 Å². The molecule has 2 rings (SSSR count). The molecule has 1 heterocycles. The first kappa shape index (κ1) is 15.8. The summed E-state index contributed by atoms with van der Waals surface area (Å²) in [6.07, 6.45) is 0.602. The van der Waals surface area contributed by atoms with E-state index in [0.29, 0.717) is 12.5 Å². The van der Waals surface area contributed by atoms with E-state index in [9.17, 15) is 9.18 Å². The number of nitrogens with one attached hydrogen (secondary N) is 1. The van der Waals surface area contributed by atoms with Gasteiger partial charge in [0.05, 0.1) is 13.7 Å². The summed E-state index contributed by atoms with van der Waals surface area (Å²) in [6, 6.07) is 4.99. The second-order valence-electron chi connectivity index (χ2n) is 5.70. The number of amides is 1. The van der Waals surface area contributed by atoms with Crippen molar-refractivity contribution in [2.45, 2.75) is 39.4 Å². The number of carbonyl (C=O) groups excluding carboxylic acids is 1. The average Bonchev–Trinajstić information content (AvgIpc) is 2.81. The molecular formula is C16H23FN2O2. The number of rotatable bonds is 5. The molecule has 0 aromatic heterocycles. The van der Waals surface area contributed by atoms with Crippen LogP contribution in [0.15, 0.2) is 18.2 Å². The molecule has 1 aliphatic heterocycles. The highest BCUT2D eigenvalue weighted by atomic mass is 19.1. The lowest BCUT2D eigenvalue weighted by Crippen LogP contribution is -2.42. The van der Waals surface area contributed by atoms with Gasteiger partial charge in [-0.05, 0) is 30.0 Å². The van der Waals surface area contributed by atoms with E-state index in [1.54, 1.807) is 12.1 Å². The summed E-state index contributed by atoms with van der Waals surface area (Å²) in [6.45, 7) is 6.57. The van der Waals surface area contributed by atoms with Crippen LogP contribution in [0.25, 0.3) is 0 Å². The maximum atomic E-state index is 13.9. The molecule has 0 spiro atoms. The van der Waals surface area contributed by atoms with Crippen LogP contribution in [0.2, 0.25) is 0 Å². The van der Waals surface area contributed by atoms with Gasteiger partial charge in [0.1, 0.15) is 6.17 Å². The van der Waals surface area contributed by atoms with Gasteiger partial charge in [0, 0.05) is 6.04 Å². The first-order valence-corrected chi connectivity index (χ1v) is 7.37. The van der Waals surface area contributed by atoms with E-state index in [0.717, 1.165) is 12.0 Å². The Hall–Kier alpha value is -1.62. The lowest BCUT2D eigenvalue weighted by atomic mass is 9.98. The van der Waals surface area contributed by atoms with Crippen molar-refractivity contribution in [3.8, 4) is 5.75 Å². The van der Waals surface area contributed by atoms with Gasteiger partial charge in [0.25, 0.3) is 0 Å². The molecule has 0 saturated carbocycles. The standard InChI is InChI=1S/C16H23FN2O2/c1-5-13(10(2)3)19-15(20)9-18-16(19)11-6-7-14(21-4)12(17)8-11/h6-8,10,13,16,18H,5,9H2,1-4H3. The molecule has 2 unspecified atom stereocenters. The smallest absolute Gasteiger partial charge is 0.238 e. The van der Waals surface area contributed by atoms with E-state index in [1.807, 2.05) is 4.90 Å². The maximum absolute atomic E-state index is 13.9. The molecule has 1 amide bonds. The second-order valence-corrected chi connectivity index (χ2v) is 5.70. The molecule has 116 valence electrons. The van der Waals surface area contributed by atoms with Crippen LogP contribution in [0.4, 0.5) is 4.39 Å². The van der Waals surface area contributed by atoms with E-state index < -0.39 is 5.82 Å². The lowest BCUT2D eigenvalue weighted by molar-refractivity contribution is -0.131. The molecule has 0 aliphatic carbocycles. The largest absolute Gasteiger partial charge is 0.494 e. The van der Waals surface area contributed by atoms with Crippen molar-refractivity contribution < 1.29 is 13.9 Å². The summed E-state index contributed by atoms with van der Waals surface area (Å²) >= 11 is 0. The Balaban J connectivity index is 2.33. The first-order valence-electron chi connectivity index (χ1n) is 7.37. The fraction of sp³-hybridized carbons (Fsp3) is 0.562.